The number of fused-ring (bicyclic) bond motifs is 1. The minimum absolute atomic E-state index is 0.0132. The van der Waals surface area contributed by atoms with Crippen LogP contribution in [-0.2, 0) is 18.3 Å². The average Bonchev–Trinajstić information content (AvgIpc) is 2.70. The van der Waals surface area contributed by atoms with Crippen molar-refractivity contribution in [3.8, 4) is 0 Å². The fraction of sp³-hybridized carbons (Fsp3) is 0.333. The summed E-state index contributed by atoms with van der Waals surface area (Å²) in [6.45, 7) is 0.601. The van der Waals surface area contributed by atoms with Gasteiger partial charge in [-0.25, -0.2) is 4.98 Å². The summed E-state index contributed by atoms with van der Waals surface area (Å²) in [6.07, 6.45) is 2.58. The van der Waals surface area contributed by atoms with E-state index in [2.05, 4.69) is 16.4 Å². The third-order valence-corrected chi connectivity index (χ3v) is 2.89. The number of nitrogens with zero attached hydrogens (tertiary/aromatic N) is 2. The van der Waals surface area contributed by atoms with Gasteiger partial charge in [0, 0.05) is 13.6 Å². The molecule has 0 aliphatic carbocycles. The van der Waals surface area contributed by atoms with Crippen LogP contribution in [0.1, 0.15) is 5.56 Å². The first kappa shape index (κ1) is 11.9. The number of benzene rings is 1. The number of hydrogen-bond donors (Lipinski definition) is 1. The number of carbonyl (C=O) groups is 1. The third kappa shape index (κ3) is 2.77. The van der Waals surface area contributed by atoms with Crippen LogP contribution in [0.2, 0.25) is 0 Å². The molecule has 0 radical (unpaired) electrons. The molecule has 1 aromatic carbocycles. The molecular formula is C12H14ClN3O. The molecule has 1 heterocycles. The van der Waals surface area contributed by atoms with E-state index in [0.29, 0.717) is 6.54 Å². The summed E-state index contributed by atoms with van der Waals surface area (Å²) in [7, 11) is 1.97. The van der Waals surface area contributed by atoms with Gasteiger partial charge in [-0.15, -0.1) is 11.6 Å². The molecule has 0 saturated heterocycles. The second kappa shape index (κ2) is 5.19. The van der Waals surface area contributed by atoms with Crippen molar-refractivity contribution in [2.45, 2.75) is 6.42 Å². The zero-order chi connectivity index (χ0) is 12.3. The Kier molecular flexibility index (Phi) is 3.64. The Balaban J connectivity index is 2.02. The van der Waals surface area contributed by atoms with E-state index in [9.17, 15) is 4.79 Å². The second-order valence-electron chi connectivity index (χ2n) is 3.91. The molecule has 0 saturated carbocycles. The summed E-state index contributed by atoms with van der Waals surface area (Å²) in [4.78, 5) is 15.3. The molecule has 4 nitrogen and oxygen atoms in total. The van der Waals surface area contributed by atoms with Gasteiger partial charge in [0.1, 0.15) is 5.88 Å². The van der Waals surface area contributed by atoms with Crippen LogP contribution < -0.4 is 5.32 Å². The molecule has 90 valence electrons. The lowest BCUT2D eigenvalue weighted by molar-refractivity contribution is -0.118. The van der Waals surface area contributed by atoms with Crippen molar-refractivity contribution in [2.24, 2.45) is 7.05 Å². The van der Waals surface area contributed by atoms with Gasteiger partial charge in [-0.05, 0) is 24.1 Å². The minimum atomic E-state index is -0.134. The van der Waals surface area contributed by atoms with Gasteiger partial charge in [0.2, 0.25) is 5.91 Å². The Hall–Kier alpha value is -1.55. The van der Waals surface area contributed by atoms with E-state index in [1.807, 2.05) is 23.7 Å². The quantitative estimate of drug-likeness (QED) is 0.837. The molecule has 1 amide bonds. The molecule has 0 unspecified atom stereocenters. The lowest BCUT2D eigenvalue weighted by atomic mass is 10.1. The normalized spacial score (nSPS) is 10.7. The van der Waals surface area contributed by atoms with Crippen molar-refractivity contribution < 1.29 is 4.79 Å². The SMILES string of the molecule is Cn1cnc2cc(CCNC(=O)CCl)ccc21. The van der Waals surface area contributed by atoms with Gasteiger partial charge >= 0.3 is 0 Å². The monoisotopic (exact) mass is 251 g/mol. The van der Waals surface area contributed by atoms with Crippen LogP contribution in [0.3, 0.4) is 0 Å². The number of aromatic nitrogens is 2. The zero-order valence-corrected chi connectivity index (χ0v) is 10.4. The van der Waals surface area contributed by atoms with Gasteiger partial charge < -0.3 is 9.88 Å². The largest absolute Gasteiger partial charge is 0.355 e. The number of imidazole rings is 1. The molecule has 0 aliphatic heterocycles. The van der Waals surface area contributed by atoms with Crippen molar-refractivity contribution >= 4 is 28.5 Å². The number of hydrogen-bond acceptors (Lipinski definition) is 2. The number of amides is 1. The highest BCUT2D eigenvalue weighted by Crippen LogP contribution is 2.13. The van der Waals surface area contributed by atoms with E-state index >= 15 is 0 Å². The maximum Gasteiger partial charge on any atom is 0.234 e. The molecule has 0 spiro atoms. The molecule has 17 heavy (non-hydrogen) atoms. The van der Waals surface area contributed by atoms with E-state index < -0.39 is 0 Å². The molecule has 2 rings (SSSR count). The van der Waals surface area contributed by atoms with E-state index in [-0.39, 0.29) is 11.8 Å². The van der Waals surface area contributed by atoms with Crippen molar-refractivity contribution in [2.75, 3.05) is 12.4 Å². The summed E-state index contributed by atoms with van der Waals surface area (Å²) < 4.78 is 1.98. The average molecular weight is 252 g/mol. The van der Waals surface area contributed by atoms with Gasteiger partial charge in [-0.1, -0.05) is 6.07 Å². The molecule has 0 bridgehead atoms. The summed E-state index contributed by atoms with van der Waals surface area (Å²) in [5.74, 6) is -0.121. The Bertz CT molecular complexity index is 536. The van der Waals surface area contributed by atoms with Crippen molar-refractivity contribution in [3.63, 3.8) is 0 Å². The lowest BCUT2D eigenvalue weighted by Crippen LogP contribution is -2.26. The summed E-state index contributed by atoms with van der Waals surface area (Å²) in [5, 5.41) is 2.74. The number of carbonyl (C=O) groups excluding carboxylic acids is 1. The highest BCUT2D eigenvalue weighted by atomic mass is 35.5. The Labute approximate surface area is 105 Å². The number of alkyl halides is 1. The molecular weight excluding hydrogens is 238 g/mol. The molecule has 0 fully saturated rings. The number of nitrogens with one attached hydrogen (secondary N) is 1. The van der Waals surface area contributed by atoms with Crippen LogP contribution in [0.15, 0.2) is 24.5 Å². The van der Waals surface area contributed by atoms with Crippen LogP contribution in [0.25, 0.3) is 11.0 Å². The first-order valence-electron chi connectivity index (χ1n) is 5.43. The highest BCUT2D eigenvalue weighted by molar-refractivity contribution is 6.27. The van der Waals surface area contributed by atoms with E-state index in [0.717, 1.165) is 23.0 Å². The smallest absolute Gasteiger partial charge is 0.234 e. The third-order valence-electron chi connectivity index (χ3n) is 2.65. The minimum Gasteiger partial charge on any atom is -0.355 e. The van der Waals surface area contributed by atoms with Gasteiger partial charge in [0.15, 0.2) is 0 Å². The summed E-state index contributed by atoms with van der Waals surface area (Å²) in [5.41, 5.74) is 3.25. The van der Waals surface area contributed by atoms with Crippen LogP contribution >= 0.6 is 11.6 Å². The van der Waals surface area contributed by atoms with Crippen LogP contribution in [0.5, 0.6) is 0 Å². The van der Waals surface area contributed by atoms with Gasteiger partial charge in [-0.2, -0.15) is 0 Å². The molecule has 1 N–H and O–H groups in total. The highest BCUT2D eigenvalue weighted by Gasteiger charge is 2.02. The molecule has 2 aromatic rings. The van der Waals surface area contributed by atoms with Gasteiger partial charge in [0.25, 0.3) is 0 Å². The fourth-order valence-electron chi connectivity index (χ4n) is 1.73. The van der Waals surface area contributed by atoms with Crippen molar-refractivity contribution in [1.82, 2.24) is 14.9 Å². The Morgan fingerprint density at radius 2 is 2.35 bits per heavy atom. The summed E-state index contributed by atoms with van der Waals surface area (Å²) in [6, 6.07) is 6.14. The standard InChI is InChI=1S/C12H14ClN3O/c1-16-8-15-10-6-9(2-3-11(10)16)4-5-14-12(17)7-13/h2-3,6,8H,4-5,7H2,1H3,(H,14,17). The number of aryl methyl sites for hydroxylation is 1. The maximum atomic E-state index is 11.0. The van der Waals surface area contributed by atoms with E-state index in [4.69, 9.17) is 11.6 Å². The fourth-order valence-corrected chi connectivity index (χ4v) is 1.83. The first-order chi connectivity index (χ1) is 8.20. The van der Waals surface area contributed by atoms with Crippen LogP contribution in [-0.4, -0.2) is 27.9 Å². The predicted molar refractivity (Wildman–Crippen MR) is 68.1 cm³/mol. The zero-order valence-electron chi connectivity index (χ0n) is 9.61. The van der Waals surface area contributed by atoms with Crippen LogP contribution in [0, 0.1) is 0 Å². The summed E-state index contributed by atoms with van der Waals surface area (Å²) >= 11 is 5.39. The molecule has 0 aliphatic rings. The number of halogens is 1. The molecule has 5 heteroatoms. The van der Waals surface area contributed by atoms with E-state index in [1.165, 1.54) is 0 Å². The first-order valence-corrected chi connectivity index (χ1v) is 5.97. The molecule has 1 aromatic heterocycles. The van der Waals surface area contributed by atoms with Gasteiger partial charge in [0.05, 0.1) is 17.4 Å². The predicted octanol–water partition coefficient (Wildman–Crippen LogP) is 1.47. The van der Waals surface area contributed by atoms with E-state index in [1.54, 1.807) is 6.33 Å². The van der Waals surface area contributed by atoms with Crippen LogP contribution in [0.4, 0.5) is 0 Å². The second-order valence-corrected chi connectivity index (χ2v) is 4.18. The molecule has 0 atom stereocenters. The maximum absolute atomic E-state index is 11.0. The van der Waals surface area contributed by atoms with Gasteiger partial charge in [-0.3, -0.25) is 4.79 Å². The Morgan fingerprint density at radius 1 is 1.53 bits per heavy atom. The number of rotatable bonds is 4. The Morgan fingerprint density at radius 3 is 3.12 bits per heavy atom. The lowest BCUT2D eigenvalue weighted by Gasteiger charge is -2.03. The van der Waals surface area contributed by atoms with Crippen molar-refractivity contribution in [1.29, 1.82) is 0 Å². The van der Waals surface area contributed by atoms with Crippen molar-refractivity contribution in [3.05, 3.63) is 30.1 Å². The topological polar surface area (TPSA) is 46.9 Å².